The molecule has 10 heteroatoms. The zero-order valence-electron chi connectivity index (χ0n) is 12.6. The number of primary amides is 1. The Bertz CT molecular complexity index is 925. The minimum atomic E-state index is -0.590. The zero-order valence-corrected chi connectivity index (χ0v) is 15.0. The van der Waals surface area contributed by atoms with Crippen LogP contribution >= 0.6 is 34.7 Å². The van der Waals surface area contributed by atoms with E-state index in [0.717, 1.165) is 11.8 Å². The number of anilines is 1. The first kappa shape index (κ1) is 17.5. The highest BCUT2D eigenvalue weighted by molar-refractivity contribution is 7.99. The van der Waals surface area contributed by atoms with Gasteiger partial charge in [0, 0.05) is 10.6 Å². The Morgan fingerprint density at radius 1 is 1.32 bits per heavy atom. The summed E-state index contributed by atoms with van der Waals surface area (Å²) in [6.45, 7) is 0. The summed E-state index contributed by atoms with van der Waals surface area (Å²) in [5, 5.41) is 13.4. The Balaban J connectivity index is 1.59. The van der Waals surface area contributed by atoms with Gasteiger partial charge in [-0.25, -0.2) is 0 Å². The van der Waals surface area contributed by atoms with Crippen LogP contribution in [0.5, 0.6) is 0 Å². The highest BCUT2D eigenvalue weighted by Gasteiger charge is 2.15. The Labute approximate surface area is 155 Å². The average Bonchev–Trinajstić information content (AvgIpc) is 3.22. The van der Waals surface area contributed by atoms with E-state index in [0.29, 0.717) is 21.5 Å². The van der Waals surface area contributed by atoms with E-state index in [-0.39, 0.29) is 22.4 Å². The summed E-state index contributed by atoms with van der Waals surface area (Å²) in [7, 11) is 0. The van der Waals surface area contributed by atoms with Gasteiger partial charge in [-0.15, -0.1) is 21.5 Å². The van der Waals surface area contributed by atoms with Gasteiger partial charge in [0.2, 0.25) is 11.8 Å². The molecule has 0 unspecified atom stereocenters. The molecule has 25 heavy (non-hydrogen) atoms. The lowest BCUT2D eigenvalue weighted by molar-refractivity contribution is -0.113. The summed E-state index contributed by atoms with van der Waals surface area (Å²) >= 11 is 8.24. The topological polar surface area (TPSA) is 111 Å². The van der Waals surface area contributed by atoms with Crippen molar-refractivity contribution in [3.05, 3.63) is 46.3 Å². The van der Waals surface area contributed by atoms with Crippen molar-refractivity contribution in [2.75, 3.05) is 11.1 Å². The maximum atomic E-state index is 12.0. The fourth-order valence-electron chi connectivity index (χ4n) is 1.90. The monoisotopic (exact) mass is 394 g/mol. The predicted octanol–water partition coefficient (Wildman–Crippen LogP) is 3.28. The lowest BCUT2D eigenvalue weighted by atomic mass is 10.2. The van der Waals surface area contributed by atoms with E-state index >= 15 is 0 Å². The number of carbonyl (C=O) groups is 2. The lowest BCUT2D eigenvalue weighted by Gasteiger charge is -2.02. The van der Waals surface area contributed by atoms with Crippen molar-refractivity contribution in [3.8, 4) is 11.5 Å². The first-order valence-corrected chi connectivity index (χ1v) is 9.16. The van der Waals surface area contributed by atoms with Gasteiger partial charge in [0.25, 0.3) is 11.1 Å². The van der Waals surface area contributed by atoms with Gasteiger partial charge in [-0.05, 0) is 29.6 Å². The number of rotatable bonds is 6. The molecule has 0 aliphatic carbocycles. The molecule has 3 aromatic rings. The van der Waals surface area contributed by atoms with Gasteiger partial charge in [0.1, 0.15) is 5.00 Å². The third-order valence-electron chi connectivity index (χ3n) is 2.99. The number of halogens is 1. The largest absolute Gasteiger partial charge is 0.411 e. The predicted molar refractivity (Wildman–Crippen MR) is 96.9 cm³/mol. The van der Waals surface area contributed by atoms with Crippen LogP contribution in [0.15, 0.2) is 45.4 Å². The van der Waals surface area contributed by atoms with E-state index in [1.807, 2.05) is 0 Å². The first-order chi connectivity index (χ1) is 12.0. The number of aromatic nitrogens is 2. The molecule has 0 spiro atoms. The number of benzene rings is 1. The van der Waals surface area contributed by atoms with Crippen LogP contribution in [0.1, 0.15) is 10.4 Å². The maximum Gasteiger partial charge on any atom is 0.277 e. The second-order valence-electron chi connectivity index (χ2n) is 4.75. The van der Waals surface area contributed by atoms with Crippen molar-refractivity contribution in [2.24, 2.45) is 5.73 Å². The molecular weight excluding hydrogens is 384 g/mol. The number of nitrogens with two attached hydrogens (primary N) is 1. The Kier molecular flexibility index (Phi) is 5.37. The molecule has 1 aromatic carbocycles. The van der Waals surface area contributed by atoms with Crippen molar-refractivity contribution in [1.82, 2.24) is 10.2 Å². The number of thiophene rings is 1. The Hall–Kier alpha value is -2.36. The van der Waals surface area contributed by atoms with Gasteiger partial charge >= 0.3 is 0 Å². The van der Waals surface area contributed by atoms with Crippen LogP contribution in [-0.2, 0) is 4.79 Å². The maximum absolute atomic E-state index is 12.0. The molecule has 2 amide bonds. The van der Waals surface area contributed by atoms with E-state index < -0.39 is 5.91 Å². The highest BCUT2D eigenvalue weighted by Crippen LogP contribution is 2.26. The van der Waals surface area contributed by atoms with Gasteiger partial charge in [0.05, 0.1) is 11.3 Å². The molecule has 0 bridgehead atoms. The van der Waals surface area contributed by atoms with Crippen LogP contribution in [0.2, 0.25) is 5.02 Å². The number of nitrogens with zero attached hydrogens (tertiary/aromatic N) is 2. The number of thioether (sulfide) groups is 1. The molecule has 0 fully saturated rings. The van der Waals surface area contributed by atoms with Crippen molar-refractivity contribution >= 4 is 51.5 Å². The number of carbonyl (C=O) groups excluding carboxylic acids is 2. The summed E-state index contributed by atoms with van der Waals surface area (Å²) in [6.07, 6.45) is 0. The molecule has 7 nitrogen and oxygen atoms in total. The smallest absolute Gasteiger partial charge is 0.277 e. The van der Waals surface area contributed by atoms with Crippen LogP contribution in [0, 0.1) is 0 Å². The highest BCUT2D eigenvalue weighted by atomic mass is 35.5. The molecule has 0 radical (unpaired) electrons. The standard InChI is InChI=1S/C15H11ClN4O3S2/c16-9-3-1-2-8(6-9)13-19-20-15(23-13)25-7-11(21)18-14-10(12(17)22)4-5-24-14/h1-6H,7H2,(H2,17,22)(H,18,21). The van der Waals surface area contributed by atoms with E-state index in [4.69, 9.17) is 21.8 Å². The average molecular weight is 395 g/mol. The quantitative estimate of drug-likeness (QED) is 0.620. The number of hydrogen-bond donors (Lipinski definition) is 2. The molecule has 0 saturated carbocycles. The van der Waals surface area contributed by atoms with Gasteiger partial charge in [-0.1, -0.05) is 29.4 Å². The third kappa shape index (κ3) is 4.38. The molecular formula is C15H11ClN4O3S2. The molecule has 0 aliphatic heterocycles. The van der Waals surface area contributed by atoms with Crippen molar-refractivity contribution in [1.29, 1.82) is 0 Å². The second-order valence-corrected chi connectivity index (χ2v) is 7.03. The van der Waals surface area contributed by atoms with Crippen LogP contribution in [0.25, 0.3) is 11.5 Å². The normalized spacial score (nSPS) is 10.6. The summed E-state index contributed by atoms with van der Waals surface area (Å²) in [5.41, 5.74) is 6.21. The first-order valence-electron chi connectivity index (χ1n) is 6.92. The van der Waals surface area contributed by atoms with Gasteiger partial charge in [-0.2, -0.15) is 0 Å². The van der Waals surface area contributed by atoms with Crippen LogP contribution in [0.3, 0.4) is 0 Å². The second kappa shape index (κ2) is 7.68. The van der Waals surface area contributed by atoms with E-state index in [1.54, 1.807) is 35.7 Å². The molecule has 2 aromatic heterocycles. The minimum Gasteiger partial charge on any atom is -0.411 e. The zero-order chi connectivity index (χ0) is 17.8. The molecule has 3 rings (SSSR count). The SMILES string of the molecule is NC(=O)c1ccsc1NC(=O)CSc1nnc(-c2cccc(Cl)c2)o1. The van der Waals surface area contributed by atoms with Crippen LogP contribution in [0.4, 0.5) is 5.00 Å². The molecule has 128 valence electrons. The molecule has 2 heterocycles. The number of amides is 2. The number of hydrogen-bond acceptors (Lipinski definition) is 7. The summed E-state index contributed by atoms with van der Waals surface area (Å²) in [4.78, 5) is 23.2. The van der Waals surface area contributed by atoms with Crippen molar-refractivity contribution < 1.29 is 14.0 Å². The van der Waals surface area contributed by atoms with Crippen molar-refractivity contribution in [3.63, 3.8) is 0 Å². The number of nitrogens with one attached hydrogen (secondary N) is 1. The molecule has 3 N–H and O–H groups in total. The van der Waals surface area contributed by atoms with Gasteiger partial charge in [-0.3, -0.25) is 9.59 Å². The molecule has 0 saturated heterocycles. The minimum absolute atomic E-state index is 0.0489. The van der Waals surface area contributed by atoms with Crippen LogP contribution in [-0.4, -0.2) is 27.8 Å². The Morgan fingerprint density at radius 3 is 2.92 bits per heavy atom. The van der Waals surface area contributed by atoms with Gasteiger partial charge in [0.15, 0.2) is 0 Å². The van der Waals surface area contributed by atoms with E-state index in [2.05, 4.69) is 15.5 Å². The summed E-state index contributed by atoms with van der Waals surface area (Å²) in [6, 6.07) is 8.58. The third-order valence-corrected chi connectivity index (χ3v) is 4.87. The Morgan fingerprint density at radius 2 is 2.16 bits per heavy atom. The lowest BCUT2D eigenvalue weighted by Crippen LogP contribution is -2.17. The molecule has 0 aliphatic rings. The molecule has 0 atom stereocenters. The fourth-order valence-corrected chi connectivity index (χ4v) is 3.46. The fraction of sp³-hybridized carbons (Fsp3) is 0.0667. The van der Waals surface area contributed by atoms with Gasteiger partial charge < -0.3 is 15.5 Å². The van der Waals surface area contributed by atoms with E-state index in [1.165, 1.54) is 11.3 Å². The summed E-state index contributed by atoms with van der Waals surface area (Å²) in [5.74, 6) is -0.530. The van der Waals surface area contributed by atoms with Crippen LogP contribution < -0.4 is 11.1 Å². The van der Waals surface area contributed by atoms with E-state index in [9.17, 15) is 9.59 Å². The van der Waals surface area contributed by atoms with Crippen molar-refractivity contribution in [2.45, 2.75) is 5.22 Å². The summed E-state index contributed by atoms with van der Waals surface area (Å²) < 4.78 is 5.50.